The van der Waals surface area contributed by atoms with Crippen LogP contribution in [0.4, 0.5) is 0 Å². The summed E-state index contributed by atoms with van der Waals surface area (Å²) >= 11 is 0. The lowest BCUT2D eigenvalue weighted by atomic mass is 10.4. The predicted molar refractivity (Wildman–Crippen MR) is 57.9 cm³/mol. The smallest absolute Gasteiger partial charge is 0.154 e. The van der Waals surface area contributed by atoms with E-state index in [-0.39, 0.29) is 0 Å². The number of aromatic nitrogens is 5. The number of rotatable bonds is 2. The van der Waals surface area contributed by atoms with Crippen LogP contribution in [-0.2, 0) is 19.5 Å². The third-order valence-electron chi connectivity index (χ3n) is 2.80. The van der Waals surface area contributed by atoms with E-state index in [0.29, 0.717) is 6.54 Å². The van der Waals surface area contributed by atoms with Crippen LogP contribution in [0.3, 0.4) is 0 Å². The molecule has 3 heterocycles. The fourth-order valence-electron chi connectivity index (χ4n) is 1.99. The summed E-state index contributed by atoms with van der Waals surface area (Å²) in [7, 11) is 0. The highest BCUT2D eigenvalue weighted by Crippen LogP contribution is 2.06. The lowest BCUT2D eigenvalue weighted by Gasteiger charge is -2.06. The van der Waals surface area contributed by atoms with Gasteiger partial charge >= 0.3 is 0 Å². The van der Waals surface area contributed by atoms with E-state index in [9.17, 15) is 0 Å². The third-order valence-corrected chi connectivity index (χ3v) is 2.80. The molecule has 6 heteroatoms. The molecule has 0 saturated heterocycles. The third kappa shape index (κ3) is 1.71. The van der Waals surface area contributed by atoms with Gasteiger partial charge in [0, 0.05) is 38.4 Å². The molecule has 84 valence electrons. The van der Waals surface area contributed by atoms with Crippen LogP contribution >= 0.6 is 0 Å². The summed E-state index contributed by atoms with van der Waals surface area (Å²) in [6, 6.07) is 1.92. The molecule has 2 aromatic heterocycles. The lowest BCUT2D eigenvalue weighted by molar-refractivity contribution is 0.577. The van der Waals surface area contributed by atoms with Gasteiger partial charge in [-0.2, -0.15) is 5.10 Å². The molecular weight excluding hydrogens is 204 g/mol. The second-order valence-electron chi connectivity index (χ2n) is 3.89. The molecule has 1 aliphatic rings. The highest BCUT2D eigenvalue weighted by atomic mass is 15.3. The average molecular weight is 218 g/mol. The van der Waals surface area contributed by atoms with Crippen LogP contribution in [0.1, 0.15) is 11.6 Å². The maximum Gasteiger partial charge on any atom is 0.154 e. The summed E-state index contributed by atoms with van der Waals surface area (Å²) in [5.74, 6) is 2.06. The second-order valence-corrected chi connectivity index (χ2v) is 3.89. The molecule has 0 saturated carbocycles. The van der Waals surface area contributed by atoms with Gasteiger partial charge in [-0.1, -0.05) is 0 Å². The normalized spacial score (nSPS) is 15.8. The van der Waals surface area contributed by atoms with Gasteiger partial charge in [0.2, 0.25) is 0 Å². The van der Waals surface area contributed by atoms with Crippen molar-refractivity contribution >= 4 is 0 Å². The Morgan fingerprint density at radius 2 is 2.31 bits per heavy atom. The quantitative estimate of drug-likeness (QED) is 0.749. The molecule has 0 aliphatic carbocycles. The monoisotopic (exact) mass is 218 g/mol. The Labute approximate surface area is 93.3 Å². The van der Waals surface area contributed by atoms with Crippen molar-refractivity contribution in [2.45, 2.75) is 19.5 Å². The van der Waals surface area contributed by atoms with E-state index in [1.165, 1.54) is 0 Å². The Morgan fingerprint density at radius 3 is 3.19 bits per heavy atom. The average Bonchev–Trinajstić information content (AvgIpc) is 2.86. The van der Waals surface area contributed by atoms with Crippen LogP contribution in [0, 0.1) is 0 Å². The summed E-state index contributed by atoms with van der Waals surface area (Å²) in [6.07, 6.45) is 4.67. The van der Waals surface area contributed by atoms with Gasteiger partial charge in [-0.25, -0.2) is 0 Å². The van der Waals surface area contributed by atoms with Crippen LogP contribution in [0.5, 0.6) is 0 Å². The summed E-state index contributed by atoms with van der Waals surface area (Å²) in [5, 5.41) is 16.0. The van der Waals surface area contributed by atoms with Gasteiger partial charge in [0.15, 0.2) is 5.82 Å². The maximum atomic E-state index is 4.24. The highest BCUT2D eigenvalue weighted by molar-refractivity contribution is 4.99. The van der Waals surface area contributed by atoms with Crippen molar-refractivity contribution in [1.29, 1.82) is 0 Å². The fourth-order valence-corrected chi connectivity index (χ4v) is 1.99. The van der Waals surface area contributed by atoms with Crippen molar-refractivity contribution in [3.05, 3.63) is 30.1 Å². The van der Waals surface area contributed by atoms with E-state index in [0.717, 1.165) is 37.7 Å². The minimum absolute atomic E-state index is 0.694. The first kappa shape index (κ1) is 9.53. The first-order valence-electron chi connectivity index (χ1n) is 5.52. The molecule has 3 rings (SSSR count). The molecule has 0 atom stereocenters. The van der Waals surface area contributed by atoms with Crippen LogP contribution in [0.2, 0.25) is 0 Å². The van der Waals surface area contributed by atoms with Gasteiger partial charge in [0.25, 0.3) is 0 Å². The largest absolute Gasteiger partial charge is 0.315 e. The van der Waals surface area contributed by atoms with E-state index < -0.39 is 0 Å². The minimum atomic E-state index is 0.694. The van der Waals surface area contributed by atoms with E-state index in [1.54, 1.807) is 6.20 Å². The molecule has 1 aliphatic heterocycles. The van der Waals surface area contributed by atoms with E-state index in [1.807, 2.05) is 16.9 Å². The van der Waals surface area contributed by atoms with Crippen LogP contribution in [0.25, 0.3) is 0 Å². The summed E-state index contributed by atoms with van der Waals surface area (Å²) in [5.41, 5.74) is 0. The van der Waals surface area contributed by atoms with Gasteiger partial charge in [-0.05, 0) is 6.07 Å². The Morgan fingerprint density at radius 1 is 1.31 bits per heavy atom. The van der Waals surface area contributed by atoms with Crippen molar-refractivity contribution in [2.24, 2.45) is 0 Å². The first-order chi connectivity index (χ1) is 7.93. The molecule has 0 bridgehead atoms. The molecule has 0 unspecified atom stereocenters. The molecule has 2 aromatic rings. The summed E-state index contributed by atoms with van der Waals surface area (Å²) in [4.78, 5) is 0. The molecular formula is C10H14N6. The predicted octanol–water partition coefficient (Wildman–Crippen LogP) is -0.331. The highest BCUT2D eigenvalue weighted by Gasteiger charge is 2.14. The van der Waals surface area contributed by atoms with Crippen LogP contribution < -0.4 is 5.32 Å². The molecule has 6 nitrogen and oxygen atoms in total. The van der Waals surface area contributed by atoms with Gasteiger partial charge in [-0.15, -0.1) is 10.2 Å². The molecule has 0 radical (unpaired) electrons. The molecule has 0 amide bonds. The zero-order valence-corrected chi connectivity index (χ0v) is 9.00. The minimum Gasteiger partial charge on any atom is -0.315 e. The number of nitrogens with zero attached hydrogens (tertiary/aromatic N) is 5. The van der Waals surface area contributed by atoms with Crippen molar-refractivity contribution < 1.29 is 0 Å². The van der Waals surface area contributed by atoms with Gasteiger partial charge in [-0.3, -0.25) is 4.68 Å². The number of fused-ring (bicyclic) bond motifs is 1. The first-order valence-corrected chi connectivity index (χ1v) is 5.52. The Balaban J connectivity index is 1.87. The second kappa shape index (κ2) is 4.05. The lowest BCUT2D eigenvalue weighted by Crippen LogP contribution is -2.18. The summed E-state index contributed by atoms with van der Waals surface area (Å²) in [6.45, 7) is 3.61. The molecule has 0 aromatic carbocycles. The molecule has 0 fully saturated rings. The number of hydrogen-bond acceptors (Lipinski definition) is 4. The van der Waals surface area contributed by atoms with E-state index in [4.69, 9.17) is 0 Å². The Kier molecular flexibility index (Phi) is 2.41. The van der Waals surface area contributed by atoms with Crippen LogP contribution in [-0.4, -0.2) is 37.6 Å². The Bertz CT molecular complexity index is 458. The van der Waals surface area contributed by atoms with Crippen molar-refractivity contribution in [3.8, 4) is 0 Å². The summed E-state index contributed by atoms with van der Waals surface area (Å²) < 4.78 is 4.07. The van der Waals surface area contributed by atoms with Gasteiger partial charge in [0.05, 0.1) is 0 Å². The van der Waals surface area contributed by atoms with Gasteiger partial charge in [0.1, 0.15) is 12.4 Å². The standard InChI is InChI=1S/C10H14N6/c1-3-12-15(6-1)8-10-14-13-9-2-4-11-5-7-16(9)10/h1,3,6,11H,2,4-5,7-8H2. The van der Waals surface area contributed by atoms with Crippen molar-refractivity contribution in [3.63, 3.8) is 0 Å². The maximum absolute atomic E-state index is 4.24. The zero-order valence-electron chi connectivity index (χ0n) is 9.00. The topological polar surface area (TPSA) is 60.6 Å². The SMILES string of the molecule is c1cnn(Cc2nnc3n2CCNCC3)c1. The molecule has 0 spiro atoms. The fraction of sp³-hybridized carbons (Fsp3) is 0.500. The zero-order chi connectivity index (χ0) is 10.8. The van der Waals surface area contributed by atoms with Crippen molar-refractivity contribution in [1.82, 2.24) is 29.9 Å². The number of nitrogens with one attached hydrogen (secondary N) is 1. The van der Waals surface area contributed by atoms with Gasteiger partial charge < -0.3 is 9.88 Å². The van der Waals surface area contributed by atoms with E-state index in [2.05, 4.69) is 25.2 Å². The molecule has 1 N–H and O–H groups in total. The Hall–Kier alpha value is -1.69. The van der Waals surface area contributed by atoms with Crippen LogP contribution in [0.15, 0.2) is 18.5 Å². The number of hydrogen-bond donors (Lipinski definition) is 1. The van der Waals surface area contributed by atoms with E-state index >= 15 is 0 Å². The van der Waals surface area contributed by atoms with Crippen molar-refractivity contribution in [2.75, 3.05) is 13.1 Å². The molecule has 16 heavy (non-hydrogen) atoms.